The summed E-state index contributed by atoms with van der Waals surface area (Å²) >= 11 is 9.05. The van der Waals surface area contributed by atoms with Crippen molar-refractivity contribution >= 4 is 34.7 Å². The molecule has 1 N–H and O–H groups in total. The van der Waals surface area contributed by atoms with Crippen molar-refractivity contribution in [1.29, 1.82) is 0 Å². The second-order valence-electron chi connectivity index (χ2n) is 5.12. The highest BCUT2D eigenvalue weighted by molar-refractivity contribution is 7.98. The van der Waals surface area contributed by atoms with Crippen molar-refractivity contribution in [1.82, 2.24) is 25.3 Å². The average Bonchev–Trinajstić information content (AvgIpc) is 3.40. The molecule has 26 heavy (non-hydrogen) atoms. The summed E-state index contributed by atoms with van der Waals surface area (Å²) in [6.45, 7) is 0. The molecule has 0 radical (unpaired) electrons. The van der Waals surface area contributed by atoms with Crippen LogP contribution < -0.4 is 4.74 Å². The number of nitrogens with one attached hydrogen (secondary N) is 1. The second-order valence-corrected chi connectivity index (χ2v) is 7.28. The first kappa shape index (κ1) is 17.1. The van der Waals surface area contributed by atoms with Crippen LogP contribution in [0.3, 0.4) is 0 Å². The summed E-state index contributed by atoms with van der Waals surface area (Å²) in [6, 6.07) is 7.28. The number of thioether (sulfide) groups is 1. The summed E-state index contributed by atoms with van der Waals surface area (Å²) in [4.78, 5) is 8.85. The summed E-state index contributed by atoms with van der Waals surface area (Å²) in [7, 11) is 1.60. The van der Waals surface area contributed by atoms with E-state index < -0.39 is 0 Å². The maximum atomic E-state index is 6.07. The van der Waals surface area contributed by atoms with Crippen LogP contribution in [0.2, 0.25) is 5.02 Å². The largest absolute Gasteiger partial charge is 0.496 e. The lowest BCUT2D eigenvalue weighted by molar-refractivity contribution is 0.391. The fourth-order valence-electron chi connectivity index (χ4n) is 2.25. The van der Waals surface area contributed by atoms with E-state index in [-0.39, 0.29) is 0 Å². The Morgan fingerprint density at radius 1 is 1.31 bits per heavy atom. The van der Waals surface area contributed by atoms with E-state index in [4.69, 9.17) is 20.9 Å². The number of H-pyrrole nitrogens is 1. The fraction of sp³-hybridized carbons (Fsp3) is 0.125. The molecule has 3 aromatic heterocycles. The number of nitrogens with zero attached hydrogens (tertiary/aromatic N) is 4. The number of rotatable bonds is 6. The minimum absolute atomic E-state index is 0.473. The Morgan fingerprint density at radius 2 is 2.23 bits per heavy atom. The molecule has 0 aliphatic rings. The highest BCUT2D eigenvalue weighted by Crippen LogP contribution is 2.31. The molecule has 0 bridgehead atoms. The lowest BCUT2D eigenvalue weighted by Gasteiger charge is -2.05. The SMILES string of the molecule is COc1ccc(Cl)cc1-c1nc(SCc2nc(-c3ccsc3)no2)n[nH]1. The lowest BCUT2D eigenvalue weighted by Crippen LogP contribution is -1.89. The minimum atomic E-state index is 0.473. The Labute approximate surface area is 161 Å². The van der Waals surface area contributed by atoms with Gasteiger partial charge in [-0.05, 0) is 29.6 Å². The van der Waals surface area contributed by atoms with Crippen LogP contribution in [0, 0.1) is 0 Å². The van der Waals surface area contributed by atoms with Gasteiger partial charge in [0, 0.05) is 16.0 Å². The Balaban J connectivity index is 1.47. The number of halogens is 1. The van der Waals surface area contributed by atoms with Gasteiger partial charge in [-0.2, -0.15) is 16.3 Å². The third-order valence-corrected chi connectivity index (χ3v) is 5.20. The molecule has 1 aromatic carbocycles. The van der Waals surface area contributed by atoms with Gasteiger partial charge >= 0.3 is 0 Å². The molecular formula is C16H12ClN5O2S2. The molecule has 0 unspecified atom stereocenters. The molecule has 0 aliphatic carbocycles. The number of aromatic nitrogens is 5. The summed E-state index contributed by atoms with van der Waals surface area (Å²) in [5.74, 6) is 2.82. The lowest BCUT2D eigenvalue weighted by atomic mass is 10.2. The van der Waals surface area contributed by atoms with Gasteiger partial charge in [0.25, 0.3) is 0 Å². The molecule has 0 aliphatic heterocycles. The molecule has 132 valence electrons. The molecule has 0 fully saturated rings. The number of hydrogen-bond donors (Lipinski definition) is 1. The number of methoxy groups -OCH3 is 1. The zero-order valence-electron chi connectivity index (χ0n) is 13.5. The van der Waals surface area contributed by atoms with E-state index in [2.05, 4.69) is 25.3 Å². The standard InChI is InChI=1S/C16H12ClN5O2S2/c1-23-12-3-2-10(17)6-11(12)15-19-16(21-20-15)26-8-13-18-14(22-24-13)9-4-5-25-7-9/h2-7H,8H2,1H3,(H,19,20,21). The van der Waals surface area contributed by atoms with Crippen molar-refractivity contribution in [2.75, 3.05) is 7.11 Å². The summed E-state index contributed by atoms with van der Waals surface area (Å²) in [5.41, 5.74) is 1.69. The summed E-state index contributed by atoms with van der Waals surface area (Å²) in [5, 5.41) is 16.2. The number of hydrogen-bond acceptors (Lipinski definition) is 8. The van der Waals surface area contributed by atoms with Gasteiger partial charge in [0.1, 0.15) is 5.75 Å². The highest BCUT2D eigenvalue weighted by Gasteiger charge is 2.14. The van der Waals surface area contributed by atoms with Gasteiger partial charge in [-0.3, -0.25) is 5.10 Å². The molecule has 10 heteroatoms. The number of ether oxygens (including phenoxy) is 1. The topological polar surface area (TPSA) is 89.7 Å². The van der Waals surface area contributed by atoms with Gasteiger partial charge in [0.05, 0.1) is 18.4 Å². The Hall–Kier alpha value is -2.36. The van der Waals surface area contributed by atoms with Crippen LogP contribution in [0.15, 0.2) is 44.7 Å². The highest BCUT2D eigenvalue weighted by atomic mass is 35.5. The van der Waals surface area contributed by atoms with Crippen molar-refractivity contribution in [3.8, 4) is 28.5 Å². The van der Waals surface area contributed by atoms with Gasteiger partial charge in [0.2, 0.25) is 16.9 Å². The van der Waals surface area contributed by atoms with Crippen LogP contribution >= 0.6 is 34.7 Å². The first-order valence-electron chi connectivity index (χ1n) is 7.47. The Kier molecular flexibility index (Phi) is 4.91. The van der Waals surface area contributed by atoms with E-state index in [0.29, 0.717) is 39.2 Å². The third-order valence-electron chi connectivity index (χ3n) is 3.45. The van der Waals surface area contributed by atoms with Gasteiger partial charge in [-0.15, -0.1) is 5.10 Å². The van der Waals surface area contributed by atoms with Crippen LogP contribution in [-0.4, -0.2) is 32.4 Å². The van der Waals surface area contributed by atoms with Gasteiger partial charge < -0.3 is 9.26 Å². The first-order chi connectivity index (χ1) is 12.7. The maximum Gasteiger partial charge on any atom is 0.237 e. The van der Waals surface area contributed by atoms with Crippen molar-refractivity contribution in [2.24, 2.45) is 0 Å². The maximum absolute atomic E-state index is 6.07. The van der Waals surface area contributed by atoms with E-state index in [9.17, 15) is 0 Å². The number of thiophene rings is 1. The van der Waals surface area contributed by atoms with Gasteiger partial charge in [0.15, 0.2) is 5.82 Å². The molecule has 0 atom stereocenters. The van der Waals surface area contributed by atoms with Gasteiger partial charge in [-0.1, -0.05) is 28.5 Å². The smallest absolute Gasteiger partial charge is 0.237 e. The molecule has 4 rings (SSSR count). The van der Waals surface area contributed by atoms with Crippen molar-refractivity contribution in [3.05, 3.63) is 45.9 Å². The predicted octanol–water partition coefficient (Wildman–Crippen LogP) is 4.54. The molecule has 0 amide bonds. The van der Waals surface area contributed by atoms with Gasteiger partial charge in [-0.25, -0.2) is 4.98 Å². The molecular weight excluding hydrogens is 394 g/mol. The average molecular weight is 406 g/mol. The summed E-state index contributed by atoms with van der Waals surface area (Å²) in [6.07, 6.45) is 0. The predicted molar refractivity (Wildman–Crippen MR) is 101 cm³/mol. The zero-order chi connectivity index (χ0) is 17.9. The number of aromatic amines is 1. The molecule has 0 spiro atoms. The van der Waals surface area contributed by atoms with Crippen LogP contribution in [-0.2, 0) is 5.75 Å². The van der Waals surface area contributed by atoms with Crippen molar-refractivity contribution in [2.45, 2.75) is 10.9 Å². The van der Waals surface area contributed by atoms with E-state index in [0.717, 1.165) is 11.1 Å². The van der Waals surface area contributed by atoms with E-state index >= 15 is 0 Å². The Bertz CT molecular complexity index is 1020. The molecule has 3 heterocycles. The van der Waals surface area contributed by atoms with Crippen molar-refractivity contribution < 1.29 is 9.26 Å². The zero-order valence-corrected chi connectivity index (χ0v) is 15.9. The second kappa shape index (κ2) is 7.48. The molecule has 4 aromatic rings. The van der Waals surface area contributed by atoms with E-state index in [1.807, 2.05) is 16.8 Å². The normalized spacial score (nSPS) is 11.0. The quantitative estimate of drug-likeness (QED) is 0.471. The van der Waals surface area contributed by atoms with Crippen LogP contribution in [0.25, 0.3) is 22.8 Å². The van der Waals surface area contributed by atoms with Crippen LogP contribution in [0.4, 0.5) is 0 Å². The van der Waals surface area contributed by atoms with E-state index in [1.165, 1.54) is 11.8 Å². The molecule has 0 saturated carbocycles. The monoisotopic (exact) mass is 405 g/mol. The molecule has 7 nitrogen and oxygen atoms in total. The minimum Gasteiger partial charge on any atom is -0.496 e. The number of benzene rings is 1. The van der Waals surface area contributed by atoms with E-state index in [1.54, 1.807) is 36.6 Å². The fourth-order valence-corrected chi connectivity index (χ4v) is 3.69. The third kappa shape index (κ3) is 3.59. The Morgan fingerprint density at radius 3 is 3.04 bits per heavy atom. The summed E-state index contributed by atoms with van der Waals surface area (Å²) < 4.78 is 10.6. The van der Waals surface area contributed by atoms with Crippen molar-refractivity contribution in [3.63, 3.8) is 0 Å². The molecule has 0 saturated heterocycles. The van der Waals surface area contributed by atoms with Crippen LogP contribution in [0.5, 0.6) is 5.75 Å². The van der Waals surface area contributed by atoms with Crippen LogP contribution in [0.1, 0.15) is 5.89 Å². The first-order valence-corrected chi connectivity index (χ1v) is 9.78.